The fraction of sp³-hybridized carbons (Fsp3) is 0.167. The Labute approximate surface area is 196 Å². The number of benzene rings is 2. The van der Waals surface area contributed by atoms with Crippen molar-refractivity contribution in [1.29, 1.82) is 0 Å². The summed E-state index contributed by atoms with van der Waals surface area (Å²) in [5, 5.41) is 13.0. The van der Waals surface area contributed by atoms with Crippen LogP contribution in [0.25, 0.3) is 11.4 Å². The molecule has 0 saturated carbocycles. The van der Waals surface area contributed by atoms with E-state index < -0.39 is 0 Å². The van der Waals surface area contributed by atoms with E-state index in [-0.39, 0.29) is 11.7 Å². The van der Waals surface area contributed by atoms with Gasteiger partial charge in [-0.15, -0.1) is 10.2 Å². The SMILES string of the molecule is Cc1c(Cl)cccc1NC(=O)CSc1nnc(-c2ccncc2)n1CCc1ccccc1. The van der Waals surface area contributed by atoms with Gasteiger partial charge < -0.3 is 9.88 Å². The number of nitrogens with one attached hydrogen (secondary N) is 1. The Morgan fingerprint density at radius 1 is 1.03 bits per heavy atom. The fourth-order valence-electron chi connectivity index (χ4n) is 3.26. The minimum atomic E-state index is -0.122. The van der Waals surface area contributed by atoms with Crippen LogP contribution in [-0.2, 0) is 17.8 Å². The number of anilines is 1. The molecule has 0 bridgehead atoms. The van der Waals surface area contributed by atoms with E-state index in [1.807, 2.05) is 49.4 Å². The lowest BCUT2D eigenvalue weighted by Gasteiger charge is -2.11. The Bertz CT molecular complexity index is 1200. The van der Waals surface area contributed by atoms with Gasteiger partial charge in [-0.2, -0.15) is 0 Å². The maximum Gasteiger partial charge on any atom is 0.234 e. The number of amides is 1. The van der Waals surface area contributed by atoms with Crippen LogP contribution >= 0.6 is 23.4 Å². The smallest absolute Gasteiger partial charge is 0.234 e. The second kappa shape index (κ2) is 10.4. The highest BCUT2D eigenvalue weighted by atomic mass is 35.5. The molecule has 6 nitrogen and oxygen atoms in total. The molecule has 1 amide bonds. The summed E-state index contributed by atoms with van der Waals surface area (Å²) in [7, 11) is 0. The second-order valence-corrected chi connectivity index (χ2v) is 8.53. The lowest BCUT2D eigenvalue weighted by atomic mass is 10.1. The van der Waals surface area contributed by atoms with Crippen LogP contribution in [0, 0.1) is 6.92 Å². The summed E-state index contributed by atoms with van der Waals surface area (Å²) >= 11 is 7.52. The molecule has 4 rings (SSSR count). The number of halogens is 1. The van der Waals surface area contributed by atoms with E-state index in [0.29, 0.717) is 22.4 Å². The van der Waals surface area contributed by atoms with Crippen LogP contribution in [0.1, 0.15) is 11.1 Å². The van der Waals surface area contributed by atoms with Gasteiger partial charge in [0.25, 0.3) is 0 Å². The molecular weight excluding hydrogens is 442 g/mol. The van der Waals surface area contributed by atoms with Gasteiger partial charge in [0.1, 0.15) is 0 Å². The minimum Gasteiger partial charge on any atom is -0.325 e. The Hall–Kier alpha value is -3.16. The first-order valence-electron chi connectivity index (χ1n) is 10.2. The highest BCUT2D eigenvalue weighted by Gasteiger charge is 2.16. The molecule has 0 aliphatic rings. The number of hydrogen-bond acceptors (Lipinski definition) is 5. The summed E-state index contributed by atoms with van der Waals surface area (Å²) in [4.78, 5) is 16.7. The normalized spacial score (nSPS) is 10.8. The van der Waals surface area contributed by atoms with Gasteiger partial charge in [0.2, 0.25) is 5.91 Å². The second-order valence-electron chi connectivity index (χ2n) is 7.18. The van der Waals surface area contributed by atoms with Crippen molar-refractivity contribution in [1.82, 2.24) is 19.7 Å². The first kappa shape index (κ1) is 22.0. The molecule has 2 heterocycles. The monoisotopic (exact) mass is 463 g/mol. The number of carbonyl (C=O) groups is 1. The van der Waals surface area contributed by atoms with Crippen molar-refractivity contribution >= 4 is 35.0 Å². The van der Waals surface area contributed by atoms with Gasteiger partial charge in [-0.1, -0.05) is 59.8 Å². The summed E-state index contributed by atoms with van der Waals surface area (Å²) in [6.07, 6.45) is 4.30. The molecule has 0 spiro atoms. The average Bonchev–Trinajstić information content (AvgIpc) is 3.23. The van der Waals surface area contributed by atoms with Crippen LogP contribution in [0.15, 0.2) is 78.2 Å². The van der Waals surface area contributed by atoms with Crippen molar-refractivity contribution in [2.24, 2.45) is 0 Å². The lowest BCUT2D eigenvalue weighted by Crippen LogP contribution is -2.15. The van der Waals surface area contributed by atoms with Gasteiger partial charge >= 0.3 is 0 Å². The van der Waals surface area contributed by atoms with E-state index in [1.54, 1.807) is 18.5 Å². The molecule has 0 aliphatic carbocycles. The minimum absolute atomic E-state index is 0.122. The third kappa shape index (κ3) is 5.36. The Morgan fingerprint density at radius 2 is 1.81 bits per heavy atom. The topological polar surface area (TPSA) is 72.7 Å². The van der Waals surface area contributed by atoms with Crippen molar-refractivity contribution in [2.75, 3.05) is 11.1 Å². The number of aromatic nitrogens is 4. The molecule has 2 aromatic heterocycles. The third-order valence-electron chi connectivity index (χ3n) is 5.00. The molecular formula is C24H22ClN5OS. The fourth-order valence-corrected chi connectivity index (χ4v) is 4.20. The van der Waals surface area contributed by atoms with Crippen LogP contribution in [0.2, 0.25) is 5.02 Å². The number of nitrogens with zero attached hydrogens (tertiary/aromatic N) is 4. The summed E-state index contributed by atoms with van der Waals surface area (Å²) in [5.41, 5.74) is 3.73. The van der Waals surface area contributed by atoms with Crippen molar-refractivity contribution in [3.63, 3.8) is 0 Å². The van der Waals surface area contributed by atoms with Crippen LogP contribution in [0.4, 0.5) is 5.69 Å². The molecule has 32 heavy (non-hydrogen) atoms. The van der Waals surface area contributed by atoms with Gasteiger partial charge in [0.05, 0.1) is 5.75 Å². The van der Waals surface area contributed by atoms with Crippen LogP contribution in [0.3, 0.4) is 0 Å². The maximum atomic E-state index is 12.6. The number of pyridine rings is 1. The van der Waals surface area contributed by atoms with Crippen LogP contribution < -0.4 is 5.32 Å². The van der Waals surface area contributed by atoms with Gasteiger partial charge in [-0.05, 0) is 48.7 Å². The van der Waals surface area contributed by atoms with Gasteiger partial charge in [0.15, 0.2) is 11.0 Å². The zero-order valence-electron chi connectivity index (χ0n) is 17.5. The molecule has 1 N–H and O–H groups in total. The number of thioether (sulfide) groups is 1. The van der Waals surface area contributed by atoms with Crippen molar-refractivity contribution < 1.29 is 4.79 Å². The van der Waals surface area contributed by atoms with Crippen LogP contribution in [0.5, 0.6) is 0 Å². The number of carbonyl (C=O) groups excluding carboxylic acids is 1. The molecule has 0 fully saturated rings. The standard InChI is InChI=1S/C24H22ClN5OS/c1-17-20(25)8-5-9-21(17)27-22(31)16-32-24-29-28-23(19-10-13-26-14-11-19)30(24)15-12-18-6-3-2-4-7-18/h2-11,13-14H,12,15-16H2,1H3,(H,27,31). The summed E-state index contributed by atoms with van der Waals surface area (Å²) in [6.45, 7) is 2.58. The van der Waals surface area contributed by atoms with Gasteiger partial charge in [0, 0.05) is 35.2 Å². The molecule has 4 aromatic rings. The first-order valence-corrected chi connectivity index (χ1v) is 11.5. The predicted molar refractivity (Wildman–Crippen MR) is 129 cm³/mol. The van der Waals surface area contributed by atoms with Crippen molar-refractivity contribution in [3.05, 3.63) is 89.2 Å². The quantitative estimate of drug-likeness (QED) is 0.360. The Balaban J connectivity index is 1.50. The summed E-state index contributed by atoms with van der Waals surface area (Å²) in [5.74, 6) is 0.853. The number of aryl methyl sites for hydroxylation is 1. The highest BCUT2D eigenvalue weighted by molar-refractivity contribution is 7.99. The molecule has 0 unspecified atom stereocenters. The predicted octanol–water partition coefficient (Wildman–Crippen LogP) is 5.28. The van der Waals surface area contributed by atoms with Crippen molar-refractivity contribution in [3.8, 4) is 11.4 Å². The average molecular weight is 464 g/mol. The Morgan fingerprint density at radius 3 is 2.59 bits per heavy atom. The van der Waals surface area contributed by atoms with E-state index in [2.05, 4.69) is 37.2 Å². The zero-order chi connectivity index (χ0) is 22.3. The van der Waals surface area contributed by atoms with E-state index >= 15 is 0 Å². The summed E-state index contributed by atoms with van der Waals surface area (Å²) < 4.78 is 2.06. The third-order valence-corrected chi connectivity index (χ3v) is 6.37. The first-order chi connectivity index (χ1) is 15.6. The van der Waals surface area contributed by atoms with E-state index in [4.69, 9.17) is 11.6 Å². The highest BCUT2D eigenvalue weighted by Crippen LogP contribution is 2.26. The molecule has 8 heteroatoms. The van der Waals surface area contributed by atoms with Crippen molar-refractivity contribution in [2.45, 2.75) is 25.0 Å². The maximum absolute atomic E-state index is 12.6. The summed E-state index contributed by atoms with van der Waals surface area (Å²) in [6, 6.07) is 19.6. The largest absolute Gasteiger partial charge is 0.325 e. The molecule has 0 aliphatic heterocycles. The number of hydrogen-bond donors (Lipinski definition) is 1. The number of rotatable bonds is 8. The molecule has 2 aromatic carbocycles. The zero-order valence-corrected chi connectivity index (χ0v) is 19.1. The molecule has 162 valence electrons. The van der Waals surface area contributed by atoms with Gasteiger partial charge in [-0.25, -0.2) is 0 Å². The lowest BCUT2D eigenvalue weighted by molar-refractivity contribution is -0.113. The van der Waals surface area contributed by atoms with Gasteiger partial charge in [-0.3, -0.25) is 9.78 Å². The molecule has 0 radical (unpaired) electrons. The molecule has 0 atom stereocenters. The Kier molecular flexibility index (Phi) is 7.19. The van der Waals surface area contributed by atoms with Crippen LogP contribution in [-0.4, -0.2) is 31.4 Å². The van der Waals surface area contributed by atoms with E-state index in [1.165, 1.54) is 17.3 Å². The van der Waals surface area contributed by atoms with E-state index in [9.17, 15) is 4.79 Å². The van der Waals surface area contributed by atoms with E-state index in [0.717, 1.165) is 23.4 Å². The molecule has 0 saturated heterocycles.